The topological polar surface area (TPSA) is 37.4 Å². The number of carbonyl (C=O) groups excluding carboxylic acids is 2. The molecule has 3 aromatic carbocycles. The second-order valence-electron chi connectivity index (χ2n) is 8.82. The standard InChI is InChI=1S/C28H25NO2/c1-28(2,3)18-17-23(19-29-26(30)24-11-7-8-12-25(24)27(29)31)22-15-13-21(14-16-22)20-9-5-4-6-10-20/h4-16,18H,19H2,1-3H3. The van der Waals surface area contributed by atoms with Crippen LogP contribution >= 0.6 is 0 Å². The molecule has 0 aromatic heterocycles. The molecule has 3 heteroatoms. The highest BCUT2D eigenvalue weighted by molar-refractivity contribution is 6.21. The van der Waals surface area contributed by atoms with Crippen molar-refractivity contribution in [2.45, 2.75) is 20.8 Å². The smallest absolute Gasteiger partial charge is 0.261 e. The van der Waals surface area contributed by atoms with Crippen molar-refractivity contribution in [1.29, 1.82) is 0 Å². The van der Waals surface area contributed by atoms with E-state index in [1.807, 2.05) is 36.4 Å². The van der Waals surface area contributed by atoms with Gasteiger partial charge in [0.15, 0.2) is 0 Å². The molecule has 0 radical (unpaired) electrons. The van der Waals surface area contributed by atoms with Crippen LogP contribution in [-0.2, 0) is 0 Å². The van der Waals surface area contributed by atoms with Crippen molar-refractivity contribution in [3.8, 4) is 11.1 Å². The van der Waals surface area contributed by atoms with E-state index in [2.05, 4.69) is 50.8 Å². The van der Waals surface area contributed by atoms with Gasteiger partial charge in [0.05, 0.1) is 17.7 Å². The molecule has 3 nitrogen and oxygen atoms in total. The number of hydrogen-bond donors (Lipinski definition) is 0. The normalized spacial score (nSPS) is 13.1. The number of hydrogen-bond acceptors (Lipinski definition) is 2. The van der Waals surface area contributed by atoms with Gasteiger partial charge in [-0.05, 0) is 40.3 Å². The van der Waals surface area contributed by atoms with Crippen molar-refractivity contribution in [3.05, 3.63) is 107 Å². The Kier molecular flexibility index (Phi) is 5.46. The summed E-state index contributed by atoms with van der Waals surface area (Å²) in [4.78, 5) is 27.1. The van der Waals surface area contributed by atoms with E-state index < -0.39 is 0 Å². The van der Waals surface area contributed by atoms with E-state index in [0.29, 0.717) is 11.1 Å². The van der Waals surface area contributed by atoms with Gasteiger partial charge in [0, 0.05) is 5.57 Å². The molecule has 154 valence electrons. The van der Waals surface area contributed by atoms with Crippen molar-refractivity contribution in [3.63, 3.8) is 0 Å². The van der Waals surface area contributed by atoms with Crippen molar-refractivity contribution in [1.82, 2.24) is 4.90 Å². The summed E-state index contributed by atoms with van der Waals surface area (Å²) >= 11 is 0. The first-order chi connectivity index (χ1) is 14.8. The average molecular weight is 408 g/mol. The molecule has 0 saturated carbocycles. The molecule has 0 atom stereocenters. The maximum Gasteiger partial charge on any atom is 0.261 e. The van der Waals surface area contributed by atoms with E-state index in [1.165, 1.54) is 4.90 Å². The van der Waals surface area contributed by atoms with Crippen LogP contribution in [0, 0.1) is 5.41 Å². The van der Waals surface area contributed by atoms with Gasteiger partial charge in [0.1, 0.15) is 0 Å². The number of carbonyl (C=O) groups is 2. The van der Waals surface area contributed by atoms with Crippen LogP contribution in [0.5, 0.6) is 0 Å². The van der Waals surface area contributed by atoms with Crippen LogP contribution in [0.25, 0.3) is 16.7 Å². The highest BCUT2D eigenvalue weighted by atomic mass is 16.2. The van der Waals surface area contributed by atoms with Gasteiger partial charge in [-0.2, -0.15) is 0 Å². The molecule has 0 aliphatic carbocycles. The Bertz CT molecular complexity index is 1160. The number of benzene rings is 3. The molecule has 0 saturated heterocycles. The summed E-state index contributed by atoms with van der Waals surface area (Å²) in [6.07, 6.45) is 1.99. The lowest BCUT2D eigenvalue weighted by Crippen LogP contribution is -2.31. The van der Waals surface area contributed by atoms with Crippen molar-refractivity contribution in [2.75, 3.05) is 6.54 Å². The molecule has 0 bridgehead atoms. The van der Waals surface area contributed by atoms with Gasteiger partial charge in [0.25, 0.3) is 11.8 Å². The molecule has 2 amide bonds. The van der Waals surface area contributed by atoms with E-state index in [4.69, 9.17) is 0 Å². The Labute approximate surface area is 183 Å². The molecule has 0 unspecified atom stereocenters. The van der Waals surface area contributed by atoms with E-state index in [1.54, 1.807) is 24.3 Å². The fraction of sp³-hybridized carbons (Fsp3) is 0.179. The van der Waals surface area contributed by atoms with E-state index in [-0.39, 0.29) is 23.8 Å². The average Bonchev–Trinajstić information content (AvgIpc) is 3.01. The summed E-state index contributed by atoms with van der Waals surface area (Å²) < 4.78 is 0. The molecule has 31 heavy (non-hydrogen) atoms. The second-order valence-corrected chi connectivity index (χ2v) is 8.82. The zero-order chi connectivity index (χ0) is 22.0. The lowest BCUT2D eigenvalue weighted by molar-refractivity contribution is 0.0675. The van der Waals surface area contributed by atoms with Crippen LogP contribution in [0.3, 0.4) is 0 Å². The quantitative estimate of drug-likeness (QED) is 0.379. The Balaban J connectivity index is 1.69. The molecule has 1 heterocycles. The predicted octanol–water partition coefficient (Wildman–Crippen LogP) is 6.23. The molecule has 1 aliphatic heterocycles. The summed E-state index contributed by atoms with van der Waals surface area (Å²) in [5, 5.41) is 0. The summed E-state index contributed by atoms with van der Waals surface area (Å²) in [5.41, 5.74) is 8.24. The summed E-state index contributed by atoms with van der Waals surface area (Å²) in [6.45, 7) is 6.47. The second kappa shape index (κ2) is 8.22. The first kappa shape index (κ1) is 20.6. The zero-order valence-corrected chi connectivity index (χ0v) is 18.1. The molecule has 1 aliphatic rings. The Morgan fingerprint density at radius 2 is 1.29 bits per heavy atom. The molecule has 3 aromatic rings. The number of nitrogens with zero attached hydrogens (tertiary/aromatic N) is 1. The maximum absolute atomic E-state index is 12.9. The minimum Gasteiger partial charge on any atom is -0.269 e. The number of imide groups is 1. The van der Waals surface area contributed by atoms with Crippen LogP contribution < -0.4 is 0 Å². The first-order valence-electron chi connectivity index (χ1n) is 10.4. The molecular formula is C28H25NO2. The van der Waals surface area contributed by atoms with E-state index >= 15 is 0 Å². The van der Waals surface area contributed by atoms with Gasteiger partial charge in [-0.1, -0.05) is 87.5 Å². The molecule has 4 rings (SSSR count). The Hall–Kier alpha value is -3.68. The van der Waals surface area contributed by atoms with Crippen molar-refractivity contribution >= 4 is 17.4 Å². The van der Waals surface area contributed by atoms with Crippen LogP contribution in [0.4, 0.5) is 0 Å². The van der Waals surface area contributed by atoms with E-state index in [9.17, 15) is 9.59 Å². The van der Waals surface area contributed by atoms with Gasteiger partial charge in [-0.25, -0.2) is 0 Å². The van der Waals surface area contributed by atoms with Gasteiger partial charge in [-0.3, -0.25) is 14.5 Å². The van der Waals surface area contributed by atoms with Crippen molar-refractivity contribution in [2.24, 2.45) is 5.41 Å². The van der Waals surface area contributed by atoms with Crippen LogP contribution in [0.1, 0.15) is 47.1 Å². The maximum atomic E-state index is 12.9. The Morgan fingerprint density at radius 1 is 0.774 bits per heavy atom. The summed E-state index contributed by atoms with van der Waals surface area (Å²) in [5.74, 6) is -0.506. The molecule has 0 N–H and O–H groups in total. The minimum absolute atomic E-state index is 0.0722. The Morgan fingerprint density at radius 3 is 1.84 bits per heavy atom. The summed E-state index contributed by atoms with van der Waals surface area (Å²) in [7, 11) is 0. The SMILES string of the molecule is CC(C)(C)C=C=C(CN1C(=O)c2ccccc2C1=O)c1ccc(-c2ccccc2)cc1. The number of amides is 2. The molecule has 0 spiro atoms. The van der Waals surface area contributed by atoms with Crippen LogP contribution in [-0.4, -0.2) is 23.3 Å². The van der Waals surface area contributed by atoms with E-state index in [0.717, 1.165) is 22.3 Å². The third-order valence-electron chi connectivity index (χ3n) is 5.21. The highest BCUT2D eigenvalue weighted by Crippen LogP contribution is 2.27. The van der Waals surface area contributed by atoms with Crippen molar-refractivity contribution < 1.29 is 9.59 Å². The zero-order valence-electron chi connectivity index (χ0n) is 18.1. The largest absolute Gasteiger partial charge is 0.269 e. The third-order valence-corrected chi connectivity index (χ3v) is 5.21. The lowest BCUT2D eigenvalue weighted by Gasteiger charge is -2.17. The van der Waals surface area contributed by atoms with Crippen LogP contribution in [0.2, 0.25) is 0 Å². The predicted molar refractivity (Wildman–Crippen MR) is 125 cm³/mol. The van der Waals surface area contributed by atoms with Gasteiger partial charge in [-0.15, -0.1) is 5.73 Å². The number of rotatable bonds is 4. The van der Waals surface area contributed by atoms with Crippen LogP contribution in [0.15, 0.2) is 90.7 Å². The van der Waals surface area contributed by atoms with Gasteiger partial charge in [0.2, 0.25) is 0 Å². The fourth-order valence-electron chi connectivity index (χ4n) is 3.56. The minimum atomic E-state index is -0.253. The number of fused-ring (bicyclic) bond motifs is 1. The lowest BCUT2D eigenvalue weighted by atomic mass is 9.95. The van der Waals surface area contributed by atoms with Gasteiger partial charge >= 0.3 is 0 Å². The molecule has 0 fully saturated rings. The highest BCUT2D eigenvalue weighted by Gasteiger charge is 2.35. The third kappa shape index (κ3) is 4.42. The molecular weight excluding hydrogens is 382 g/mol. The monoisotopic (exact) mass is 407 g/mol. The fourth-order valence-corrected chi connectivity index (χ4v) is 3.56. The van der Waals surface area contributed by atoms with Gasteiger partial charge < -0.3 is 0 Å². The summed E-state index contributed by atoms with van der Waals surface area (Å²) in [6, 6.07) is 25.3. The first-order valence-corrected chi connectivity index (χ1v) is 10.4.